The molecule has 0 atom stereocenters. The van der Waals surface area contributed by atoms with Crippen molar-refractivity contribution in [1.29, 1.82) is 0 Å². The van der Waals surface area contributed by atoms with E-state index in [4.69, 9.17) is 4.74 Å². The Balaban J connectivity index is 3.27. The second-order valence-corrected chi connectivity index (χ2v) is 5.66. The average Bonchev–Trinajstić information content (AvgIpc) is 2.21. The van der Waals surface area contributed by atoms with Gasteiger partial charge in [0.15, 0.2) is 5.82 Å². The molecular weight excluding hydrogens is 282 g/mol. The highest BCUT2D eigenvalue weighted by atomic mass is 79.9. The summed E-state index contributed by atoms with van der Waals surface area (Å²) in [5, 5.41) is 3.23. The van der Waals surface area contributed by atoms with Gasteiger partial charge in [-0.3, -0.25) is 0 Å². The number of halogens is 1. The molecule has 4 nitrogen and oxygen atoms in total. The van der Waals surface area contributed by atoms with Gasteiger partial charge in [-0.15, -0.1) is 0 Å². The van der Waals surface area contributed by atoms with Gasteiger partial charge in [-0.2, -0.15) is 0 Å². The molecule has 0 fully saturated rings. The molecule has 0 aliphatic rings. The fraction of sp³-hybridized carbons (Fsp3) is 0.667. The summed E-state index contributed by atoms with van der Waals surface area (Å²) < 4.78 is 6.04. The second-order valence-electron chi connectivity index (χ2n) is 4.86. The third-order valence-corrected chi connectivity index (χ3v) is 2.98. The summed E-state index contributed by atoms with van der Waals surface area (Å²) in [6.07, 6.45) is 0. The summed E-state index contributed by atoms with van der Waals surface area (Å²) in [5.41, 5.74) is 0.963. The van der Waals surface area contributed by atoms with Crippen LogP contribution in [0.1, 0.15) is 39.2 Å². The van der Waals surface area contributed by atoms with Crippen LogP contribution in [0, 0.1) is 0 Å². The molecule has 0 aliphatic carbocycles. The van der Waals surface area contributed by atoms with Crippen molar-refractivity contribution in [2.24, 2.45) is 0 Å². The van der Waals surface area contributed by atoms with Gasteiger partial charge in [0.05, 0.1) is 10.2 Å². The lowest BCUT2D eigenvalue weighted by molar-refractivity contribution is 0.177. The van der Waals surface area contributed by atoms with Crippen LogP contribution in [0.5, 0.6) is 0 Å². The maximum atomic E-state index is 5.10. The molecular formula is C12H20BrN3O. The molecule has 1 N–H and O–H groups in total. The minimum atomic E-state index is -0.0333. The van der Waals surface area contributed by atoms with Gasteiger partial charge in [-0.1, -0.05) is 20.8 Å². The summed E-state index contributed by atoms with van der Waals surface area (Å²) >= 11 is 3.58. The van der Waals surface area contributed by atoms with Crippen LogP contribution < -0.4 is 5.32 Å². The van der Waals surface area contributed by atoms with E-state index in [0.717, 1.165) is 22.5 Å². The first-order valence-electron chi connectivity index (χ1n) is 5.69. The van der Waals surface area contributed by atoms with Crippen molar-refractivity contribution >= 4 is 21.7 Å². The normalized spacial score (nSPS) is 11.6. The molecule has 1 heterocycles. The predicted octanol–water partition coefficient (Wildman–Crippen LogP) is 3.11. The Bertz CT molecular complexity index is 388. The Morgan fingerprint density at radius 3 is 2.41 bits per heavy atom. The average molecular weight is 302 g/mol. The van der Waals surface area contributed by atoms with Crippen molar-refractivity contribution in [3.8, 4) is 0 Å². The molecule has 1 rings (SSSR count). The zero-order valence-corrected chi connectivity index (χ0v) is 12.7. The van der Waals surface area contributed by atoms with Crippen LogP contribution >= 0.6 is 15.9 Å². The molecule has 17 heavy (non-hydrogen) atoms. The molecule has 0 saturated carbocycles. The second kappa shape index (κ2) is 5.78. The molecule has 96 valence electrons. The van der Waals surface area contributed by atoms with E-state index in [0.29, 0.717) is 12.4 Å². The van der Waals surface area contributed by atoms with Crippen LogP contribution in [0.15, 0.2) is 4.47 Å². The first-order chi connectivity index (χ1) is 7.90. The van der Waals surface area contributed by atoms with Crippen molar-refractivity contribution in [2.75, 3.05) is 19.0 Å². The van der Waals surface area contributed by atoms with Gasteiger partial charge in [0, 0.05) is 19.1 Å². The molecule has 0 aliphatic heterocycles. The van der Waals surface area contributed by atoms with E-state index in [1.807, 2.05) is 6.92 Å². The third kappa shape index (κ3) is 3.64. The number of aromatic nitrogens is 2. The van der Waals surface area contributed by atoms with Crippen molar-refractivity contribution in [3.05, 3.63) is 16.0 Å². The monoisotopic (exact) mass is 301 g/mol. The van der Waals surface area contributed by atoms with E-state index in [1.165, 1.54) is 0 Å². The predicted molar refractivity (Wildman–Crippen MR) is 73.3 cm³/mol. The quantitative estimate of drug-likeness (QED) is 0.928. The molecule has 0 saturated heterocycles. The van der Waals surface area contributed by atoms with Gasteiger partial charge in [-0.05, 0) is 22.9 Å². The van der Waals surface area contributed by atoms with E-state index in [2.05, 4.69) is 52.0 Å². The molecule has 0 bridgehead atoms. The van der Waals surface area contributed by atoms with Gasteiger partial charge in [0.1, 0.15) is 12.4 Å². The third-order valence-electron chi connectivity index (χ3n) is 2.23. The molecule has 0 unspecified atom stereocenters. The van der Waals surface area contributed by atoms with E-state index in [9.17, 15) is 0 Å². The van der Waals surface area contributed by atoms with Crippen molar-refractivity contribution < 1.29 is 4.74 Å². The zero-order chi connectivity index (χ0) is 13.1. The van der Waals surface area contributed by atoms with Gasteiger partial charge in [0.25, 0.3) is 0 Å². The molecule has 1 aromatic heterocycles. The molecule has 0 amide bonds. The summed E-state index contributed by atoms with van der Waals surface area (Å²) in [6.45, 7) is 9.69. The molecule has 0 radical (unpaired) electrons. The van der Waals surface area contributed by atoms with Crippen LogP contribution in [0.25, 0.3) is 0 Å². The first kappa shape index (κ1) is 14.4. The van der Waals surface area contributed by atoms with Crippen molar-refractivity contribution in [3.63, 3.8) is 0 Å². The van der Waals surface area contributed by atoms with Crippen LogP contribution in [-0.2, 0) is 16.8 Å². The van der Waals surface area contributed by atoms with Crippen molar-refractivity contribution in [2.45, 2.75) is 39.7 Å². The Kier molecular flexibility index (Phi) is 4.89. The molecule has 0 spiro atoms. The molecule has 0 aromatic carbocycles. The van der Waals surface area contributed by atoms with E-state index >= 15 is 0 Å². The Hall–Kier alpha value is -0.680. The number of nitrogens with one attached hydrogen (secondary N) is 1. The van der Waals surface area contributed by atoms with E-state index in [-0.39, 0.29) is 5.41 Å². The molecule has 5 heteroatoms. The summed E-state index contributed by atoms with van der Waals surface area (Å²) in [7, 11) is 1.65. The first-order valence-corrected chi connectivity index (χ1v) is 6.49. The number of nitrogens with zero attached hydrogens (tertiary/aromatic N) is 2. The lowest BCUT2D eigenvalue weighted by Gasteiger charge is -2.21. The van der Waals surface area contributed by atoms with Gasteiger partial charge < -0.3 is 10.1 Å². The number of methoxy groups -OCH3 is 1. The lowest BCUT2D eigenvalue weighted by Crippen LogP contribution is -2.18. The highest BCUT2D eigenvalue weighted by Crippen LogP contribution is 2.32. The van der Waals surface area contributed by atoms with E-state index < -0.39 is 0 Å². The van der Waals surface area contributed by atoms with Gasteiger partial charge in [0.2, 0.25) is 0 Å². The Morgan fingerprint density at radius 2 is 1.94 bits per heavy atom. The highest BCUT2D eigenvalue weighted by Gasteiger charge is 2.22. The Morgan fingerprint density at radius 1 is 1.29 bits per heavy atom. The highest BCUT2D eigenvalue weighted by molar-refractivity contribution is 9.10. The summed E-state index contributed by atoms with van der Waals surface area (Å²) in [6, 6.07) is 0. The fourth-order valence-corrected chi connectivity index (χ4v) is 2.38. The lowest BCUT2D eigenvalue weighted by atomic mass is 9.92. The summed E-state index contributed by atoms with van der Waals surface area (Å²) in [4.78, 5) is 8.99. The number of hydrogen-bond donors (Lipinski definition) is 1. The summed E-state index contributed by atoms with van der Waals surface area (Å²) in [5.74, 6) is 1.54. The molecule has 1 aromatic rings. The van der Waals surface area contributed by atoms with Gasteiger partial charge in [-0.25, -0.2) is 9.97 Å². The van der Waals surface area contributed by atoms with Crippen LogP contribution in [0.4, 0.5) is 5.82 Å². The number of ether oxygens (including phenoxy) is 1. The van der Waals surface area contributed by atoms with Crippen LogP contribution in [0.2, 0.25) is 0 Å². The maximum Gasteiger partial charge on any atom is 0.156 e. The maximum absolute atomic E-state index is 5.10. The smallest absolute Gasteiger partial charge is 0.156 e. The minimum absolute atomic E-state index is 0.0333. The number of anilines is 1. The minimum Gasteiger partial charge on any atom is -0.377 e. The Labute approximate surface area is 111 Å². The van der Waals surface area contributed by atoms with E-state index in [1.54, 1.807) is 7.11 Å². The van der Waals surface area contributed by atoms with Crippen molar-refractivity contribution in [1.82, 2.24) is 9.97 Å². The topological polar surface area (TPSA) is 47.0 Å². The van der Waals surface area contributed by atoms with Gasteiger partial charge >= 0.3 is 0 Å². The standard InChI is InChI=1S/C12H20BrN3O/c1-6-14-11-9(13)10(12(2,3)4)15-8(16-11)7-17-5/h6-7H2,1-5H3,(H,14,15,16). The zero-order valence-electron chi connectivity index (χ0n) is 11.1. The SMILES string of the molecule is CCNc1nc(COC)nc(C(C)(C)C)c1Br. The van der Waals surface area contributed by atoms with Crippen LogP contribution in [-0.4, -0.2) is 23.6 Å². The van der Waals surface area contributed by atoms with Crippen LogP contribution in [0.3, 0.4) is 0 Å². The fourth-order valence-electron chi connectivity index (χ4n) is 1.47. The number of rotatable bonds is 4. The largest absolute Gasteiger partial charge is 0.377 e. The number of hydrogen-bond acceptors (Lipinski definition) is 4.